The third kappa shape index (κ3) is 6.34. The van der Waals surface area contributed by atoms with Crippen LogP contribution in [0, 0.1) is 12.7 Å². The molecule has 0 saturated carbocycles. The quantitative estimate of drug-likeness (QED) is 0.309. The lowest BCUT2D eigenvalue weighted by molar-refractivity contribution is -0.113. The highest BCUT2D eigenvalue weighted by molar-refractivity contribution is 7.99. The number of hydrogen-bond acceptors (Lipinski definition) is 8. The van der Waals surface area contributed by atoms with E-state index in [4.69, 9.17) is 23.2 Å². The molecule has 180 valence electrons. The van der Waals surface area contributed by atoms with Crippen LogP contribution < -0.4 is 10.6 Å². The lowest BCUT2D eigenvalue weighted by Crippen LogP contribution is -2.24. The zero-order valence-corrected chi connectivity index (χ0v) is 21.1. The van der Waals surface area contributed by atoms with Gasteiger partial charge in [0.2, 0.25) is 11.0 Å². The minimum atomic E-state index is -0.516. The molecule has 0 aliphatic heterocycles. The Bertz CT molecular complexity index is 1400. The minimum Gasteiger partial charge on any atom is -0.345 e. The molecule has 0 radical (unpaired) electrons. The van der Waals surface area contributed by atoms with Crippen molar-refractivity contribution in [3.63, 3.8) is 0 Å². The van der Waals surface area contributed by atoms with E-state index < -0.39 is 11.7 Å². The summed E-state index contributed by atoms with van der Waals surface area (Å²) in [4.78, 5) is 24.8. The molecule has 0 bridgehead atoms. The molecule has 0 fully saturated rings. The summed E-state index contributed by atoms with van der Waals surface area (Å²) >= 11 is 14.7. The predicted octanol–water partition coefficient (Wildman–Crippen LogP) is 4.53. The highest BCUT2D eigenvalue weighted by Crippen LogP contribution is 2.28. The van der Waals surface area contributed by atoms with E-state index in [0.717, 1.165) is 22.8 Å². The molecule has 2 N–H and O–H groups in total. The highest BCUT2D eigenvalue weighted by Gasteiger charge is 2.18. The molecule has 4 aromatic rings. The topological polar surface area (TPSA) is 115 Å². The molecule has 4 rings (SSSR count). The molecule has 0 saturated heterocycles. The zero-order valence-electron chi connectivity index (χ0n) is 18.0. The second-order valence-electron chi connectivity index (χ2n) is 6.99. The van der Waals surface area contributed by atoms with Gasteiger partial charge in [0.05, 0.1) is 28.0 Å². The van der Waals surface area contributed by atoms with Crippen molar-refractivity contribution in [2.45, 2.75) is 18.6 Å². The molecule has 2 amide bonds. The number of nitrogens with zero attached hydrogens (tertiary/aromatic N) is 5. The normalized spacial score (nSPS) is 10.9. The van der Waals surface area contributed by atoms with Crippen LogP contribution in [0.2, 0.25) is 10.0 Å². The van der Waals surface area contributed by atoms with Crippen LogP contribution in [-0.4, -0.2) is 42.5 Å². The number of halogens is 3. The van der Waals surface area contributed by atoms with Crippen LogP contribution in [0.4, 0.5) is 9.52 Å². The number of carbonyl (C=O) groups excluding carboxylic acids is 2. The molecule has 0 unspecified atom stereocenters. The Kier molecular flexibility index (Phi) is 7.96. The zero-order chi connectivity index (χ0) is 24.9. The van der Waals surface area contributed by atoms with Crippen molar-refractivity contribution < 1.29 is 14.0 Å². The Hall–Kier alpha value is -3.06. The summed E-state index contributed by atoms with van der Waals surface area (Å²) in [6, 6.07) is 10.3. The Morgan fingerprint density at radius 3 is 2.63 bits per heavy atom. The number of rotatable bonds is 8. The summed E-state index contributed by atoms with van der Waals surface area (Å²) in [7, 11) is 0. The van der Waals surface area contributed by atoms with Crippen molar-refractivity contribution in [1.82, 2.24) is 30.3 Å². The Morgan fingerprint density at radius 2 is 1.91 bits per heavy atom. The second-order valence-corrected chi connectivity index (χ2v) is 9.93. The molecule has 0 atom stereocenters. The summed E-state index contributed by atoms with van der Waals surface area (Å²) in [5.74, 6) is -0.897. The van der Waals surface area contributed by atoms with E-state index in [1.54, 1.807) is 29.7 Å². The van der Waals surface area contributed by atoms with Gasteiger partial charge in [0.25, 0.3) is 5.91 Å². The molecule has 2 aromatic heterocycles. The van der Waals surface area contributed by atoms with Gasteiger partial charge < -0.3 is 5.32 Å². The Labute approximate surface area is 217 Å². The fourth-order valence-corrected chi connectivity index (χ4v) is 4.59. The molecule has 2 aromatic carbocycles. The van der Waals surface area contributed by atoms with Crippen molar-refractivity contribution in [2.75, 3.05) is 11.1 Å². The maximum absolute atomic E-state index is 13.5. The van der Waals surface area contributed by atoms with E-state index in [-0.39, 0.29) is 23.8 Å². The number of carbonyl (C=O) groups is 2. The maximum atomic E-state index is 13.5. The van der Waals surface area contributed by atoms with Gasteiger partial charge in [-0.05, 0) is 43.3 Å². The summed E-state index contributed by atoms with van der Waals surface area (Å²) in [6.07, 6.45) is 0. The SMILES string of the molecule is Cc1nnc(NC(=O)CSc2nnc(CNC(=O)c3cccc(F)c3)n2-c2ccc(Cl)c(Cl)c2)s1. The van der Waals surface area contributed by atoms with Crippen molar-refractivity contribution in [2.24, 2.45) is 0 Å². The number of nitrogens with one attached hydrogen (secondary N) is 2. The standard InChI is InChI=1S/C21H16Cl2FN7O2S2/c1-11-27-29-20(35-11)26-18(32)10-34-21-30-28-17(31(21)14-5-6-15(22)16(23)8-14)9-25-19(33)12-3-2-4-13(24)7-12/h2-8H,9-10H2,1H3,(H,25,33)(H,26,29,32). The number of benzene rings is 2. The molecular formula is C21H16Cl2FN7O2S2. The number of thioether (sulfide) groups is 1. The number of amides is 2. The predicted molar refractivity (Wildman–Crippen MR) is 133 cm³/mol. The van der Waals surface area contributed by atoms with Gasteiger partial charge in [-0.1, -0.05) is 52.4 Å². The summed E-state index contributed by atoms with van der Waals surface area (Å²) in [5.41, 5.74) is 0.755. The average molecular weight is 552 g/mol. The Balaban J connectivity index is 1.53. The highest BCUT2D eigenvalue weighted by atomic mass is 35.5. The minimum absolute atomic E-state index is 0.0145. The van der Waals surface area contributed by atoms with Gasteiger partial charge in [0, 0.05) is 5.56 Å². The molecule has 0 aliphatic carbocycles. The van der Waals surface area contributed by atoms with Crippen LogP contribution in [0.1, 0.15) is 21.2 Å². The molecule has 0 aliphatic rings. The Morgan fingerprint density at radius 1 is 1.09 bits per heavy atom. The molecule has 0 spiro atoms. The fourth-order valence-electron chi connectivity index (χ4n) is 2.92. The maximum Gasteiger partial charge on any atom is 0.251 e. The molecule has 2 heterocycles. The van der Waals surface area contributed by atoms with Crippen LogP contribution >= 0.6 is 46.3 Å². The third-order valence-electron chi connectivity index (χ3n) is 4.46. The third-order valence-corrected chi connectivity index (χ3v) is 6.88. The van der Waals surface area contributed by atoms with E-state index >= 15 is 0 Å². The molecule has 14 heteroatoms. The lowest BCUT2D eigenvalue weighted by Gasteiger charge is -2.12. The van der Waals surface area contributed by atoms with Gasteiger partial charge in [0.15, 0.2) is 11.0 Å². The van der Waals surface area contributed by atoms with E-state index in [9.17, 15) is 14.0 Å². The van der Waals surface area contributed by atoms with Crippen molar-refractivity contribution in [3.8, 4) is 5.69 Å². The first-order valence-electron chi connectivity index (χ1n) is 9.96. The first-order valence-corrected chi connectivity index (χ1v) is 12.5. The molecule has 35 heavy (non-hydrogen) atoms. The van der Waals surface area contributed by atoms with Crippen LogP contribution in [-0.2, 0) is 11.3 Å². The van der Waals surface area contributed by atoms with Crippen molar-refractivity contribution >= 4 is 63.2 Å². The van der Waals surface area contributed by atoms with Crippen molar-refractivity contribution in [3.05, 3.63) is 74.7 Å². The van der Waals surface area contributed by atoms with Crippen molar-refractivity contribution in [1.29, 1.82) is 0 Å². The molecule has 9 nitrogen and oxygen atoms in total. The van der Waals surface area contributed by atoms with Gasteiger partial charge in [-0.2, -0.15) is 0 Å². The number of aromatic nitrogens is 5. The lowest BCUT2D eigenvalue weighted by atomic mass is 10.2. The summed E-state index contributed by atoms with van der Waals surface area (Å²) < 4.78 is 15.1. The van der Waals surface area contributed by atoms with Gasteiger partial charge in [-0.25, -0.2) is 4.39 Å². The van der Waals surface area contributed by atoms with Gasteiger partial charge in [0.1, 0.15) is 10.8 Å². The van der Waals surface area contributed by atoms with E-state index in [1.165, 1.54) is 29.5 Å². The number of hydrogen-bond donors (Lipinski definition) is 2. The smallest absolute Gasteiger partial charge is 0.251 e. The van der Waals surface area contributed by atoms with Crippen LogP contribution in [0.3, 0.4) is 0 Å². The van der Waals surface area contributed by atoms with Gasteiger partial charge in [-0.3, -0.25) is 19.5 Å². The summed E-state index contributed by atoms with van der Waals surface area (Å²) in [5, 5.41) is 23.7. The largest absolute Gasteiger partial charge is 0.345 e. The number of aryl methyl sites for hydroxylation is 1. The first-order chi connectivity index (χ1) is 16.8. The second kappa shape index (κ2) is 11.1. The first kappa shape index (κ1) is 25.0. The van der Waals surface area contributed by atoms with Gasteiger partial charge in [-0.15, -0.1) is 20.4 Å². The van der Waals surface area contributed by atoms with Crippen LogP contribution in [0.5, 0.6) is 0 Å². The van der Waals surface area contributed by atoms with E-state index in [0.29, 0.717) is 31.8 Å². The fraction of sp³-hybridized carbons (Fsp3) is 0.143. The number of anilines is 1. The monoisotopic (exact) mass is 551 g/mol. The van der Waals surface area contributed by atoms with E-state index in [2.05, 4.69) is 31.0 Å². The average Bonchev–Trinajstić information content (AvgIpc) is 3.43. The summed E-state index contributed by atoms with van der Waals surface area (Å²) in [6.45, 7) is 1.77. The van der Waals surface area contributed by atoms with Gasteiger partial charge >= 0.3 is 0 Å². The van der Waals surface area contributed by atoms with Crippen LogP contribution in [0.25, 0.3) is 5.69 Å². The van der Waals surface area contributed by atoms with Crippen LogP contribution in [0.15, 0.2) is 47.6 Å². The molecular weight excluding hydrogens is 536 g/mol. The van der Waals surface area contributed by atoms with E-state index in [1.807, 2.05) is 0 Å².